The summed E-state index contributed by atoms with van der Waals surface area (Å²) in [5.41, 5.74) is 9.83. The number of nitrogens with zero attached hydrogens (tertiary/aromatic N) is 2. The van der Waals surface area contributed by atoms with Crippen LogP contribution in [0.2, 0.25) is 0 Å². The van der Waals surface area contributed by atoms with Gasteiger partial charge in [0.05, 0.1) is 11.8 Å². The third-order valence-electron chi connectivity index (χ3n) is 12.4. The van der Waals surface area contributed by atoms with E-state index in [-0.39, 0.29) is 11.8 Å². The van der Waals surface area contributed by atoms with Gasteiger partial charge < -0.3 is 4.90 Å². The first kappa shape index (κ1) is 30.6. The molecule has 8 atom stereocenters. The van der Waals surface area contributed by atoms with Gasteiger partial charge in [0.25, 0.3) is 0 Å². The number of hydrogen-bond acceptors (Lipinski definition) is 2. The van der Waals surface area contributed by atoms with Crippen LogP contribution >= 0.6 is 11.6 Å². The third kappa shape index (κ3) is 5.06. The Balaban J connectivity index is 1.20. The van der Waals surface area contributed by atoms with E-state index in [1.165, 1.54) is 66.5 Å². The molecular formula is C42H49ClN2. The molecule has 1 aliphatic heterocycles. The van der Waals surface area contributed by atoms with E-state index in [2.05, 4.69) is 105 Å². The van der Waals surface area contributed by atoms with E-state index in [0.29, 0.717) is 35.1 Å². The molecule has 7 aliphatic rings. The fraction of sp³-hybridized carbons (Fsp3) is 0.500. The lowest BCUT2D eigenvalue weighted by Gasteiger charge is -2.46. The van der Waals surface area contributed by atoms with Crippen molar-refractivity contribution in [1.82, 2.24) is 4.90 Å². The minimum Gasteiger partial charge on any atom is -0.365 e. The van der Waals surface area contributed by atoms with E-state index in [1.54, 1.807) is 5.57 Å². The predicted octanol–water partition coefficient (Wildman–Crippen LogP) is 10.1. The summed E-state index contributed by atoms with van der Waals surface area (Å²) in [4.78, 5) is 7.70. The van der Waals surface area contributed by atoms with Gasteiger partial charge in [0.2, 0.25) is 0 Å². The fourth-order valence-electron chi connectivity index (χ4n) is 9.85. The van der Waals surface area contributed by atoms with Crippen LogP contribution < -0.4 is 0 Å². The molecule has 0 spiro atoms. The molecule has 234 valence electrons. The zero-order valence-corrected chi connectivity index (χ0v) is 28.4. The Morgan fingerprint density at radius 3 is 2.80 bits per heavy atom. The monoisotopic (exact) mass is 616 g/mol. The van der Waals surface area contributed by atoms with Crippen LogP contribution in [0.4, 0.5) is 0 Å². The van der Waals surface area contributed by atoms with Gasteiger partial charge in [-0.25, -0.2) is 0 Å². The van der Waals surface area contributed by atoms with Crippen LogP contribution in [0.1, 0.15) is 72.6 Å². The summed E-state index contributed by atoms with van der Waals surface area (Å²) in [7, 11) is 0. The highest BCUT2D eigenvalue weighted by molar-refractivity contribution is 6.30. The van der Waals surface area contributed by atoms with Crippen LogP contribution in [0.5, 0.6) is 0 Å². The summed E-state index contributed by atoms with van der Waals surface area (Å²) < 4.78 is 0. The molecule has 2 saturated carbocycles. The third-order valence-corrected chi connectivity index (χ3v) is 12.9. The van der Waals surface area contributed by atoms with Gasteiger partial charge in [0.1, 0.15) is 0 Å². The Bertz CT molecular complexity index is 1590. The average molecular weight is 617 g/mol. The molecule has 0 N–H and O–H groups in total. The topological polar surface area (TPSA) is 15.6 Å². The number of rotatable bonds is 7. The molecule has 0 aromatic rings. The summed E-state index contributed by atoms with van der Waals surface area (Å²) in [5.74, 6) is 5.49. The summed E-state index contributed by atoms with van der Waals surface area (Å²) in [6.45, 7) is 11.2. The van der Waals surface area contributed by atoms with Gasteiger partial charge in [0.15, 0.2) is 0 Å². The summed E-state index contributed by atoms with van der Waals surface area (Å²) in [6.07, 6.45) is 39.7. The van der Waals surface area contributed by atoms with E-state index >= 15 is 0 Å². The van der Waals surface area contributed by atoms with Gasteiger partial charge >= 0.3 is 0 Å². The first-order chi connectivity index (χ1) is 21.9. The lowest BCUT2D eigenvalue weighted by molar-refractivity contribution is 0.173. The molecular weight excluding hydrogens is 568 g/mol. The van der Waals surface area contributed by atoms with E-state index in [1.807, 2.05) is 0 Å². The molecule has 45 heavy (non-hydrogen) atoms. The normalized spacial score (nSPS) is 37.8. The van der Waals surface area contributed by atoms with Crippen LogP contribution in [0.25, 0.3) is 0 Å². The molecule has 3 heteroatoms. The molecule has 6 unspecified atom stereocenters. The fourth-order valence-corrected chi connectivity index (χ4v) is 10.3. The second-order valence-corrected chi connectivity index (χ2v) is 14.9. The number of allylic oxidation sites excluding steroid dienone is 15. The van der Waals surface area contributed by atoms with E-state index in [4.69, 9.17) is 23.0 Å². The number of halogens is 1. The van der Waals surface area contributed by atoms with E-state index in [0.717, 1.165) is 30.3 Å². The van der Waals surface area contributed by atoms with Crippen LogP contribution in [-0.2, 0) is 0 Å². The number of aliphatic imine (C=N–C) groups is 1. The van der Waals surface area contributed by atoms with Crippen molar-refractivity contribution < 1.29 is 0 Å². The Labute approximate surface area is 276 Å². The molecule has 7 rings (SSSR count). The van der Waals surface area contributed by atoms with Gasteiger partial charge in [-0.3, -0.25) is 4.99 Å². The zero-order chi connectivity index (χ0) is 31.3. The Kier molecular flexibility index (Phi) is 8.37. The highest BCUT2D eigenvalue weighted by Crippen LogP contribution is 2.57. The van der Waals surface area contributed by atoms with Crippen LogP contribution in [-0.4, -0.2) is 29.7 Å². The first-order valence-corrected chi connectivity index (χ1v) is 18.0. The Morgan fingerprint density at radius 1 is 1.13 bits per heavy atom. The molecule has 6 aliphatic carbocycles. The molecule has 0 saturated heterocycles. The van der Waals surface area contributed by atoms with Crippen molar-refractivity contribution >= 4 is 17.3 Å². The van der Waals surface area contributed by atoms with Crippen molar-refractivity contribution in [2.45, 2.75) is 78.7 Å². The van der Waals surface area contributed by atoms with Crippen molar-refractivity contribution in [2.75, 3.05) is 13.1 Å². The largest absolute Gasteiger partial charge is 0.365 e. The SMILES string of the molecule is C#CC1C=CC(C(/C=C/C2=C(Cl)C(C/C=C3\C4=C5C(CCC[C@]5(C)C(C)C=C4)N3CC)C3CCC2C3)=N/CC)=C2C=CC=C[C@H]21. The highest BCUT2D eigenvalue weighted by atomic mass is 35.5. The highest BCUT2D eigenvalue weighted by Gasteiger charge is 2.49. The lowest BCUT2D eigenvalue weighted by Crippen LogP contribution is -2.42. The molecule has 0 radical (unpaired) electrons. The van der Waals surface area contributed by atoms with Crippen molar-refractivity contribution in [3.05, 3.63) is 105 Å². The van der Waals surface area contributed by atoms with Crippen molar-refractivity contribution in [1.29, 1.82) is 0 Å². The minimum atomic E-state index is 0.0860. The standard InChI is InChI=1S/C42H49ClN2/c1-6-28-18-20-35(34-13-10-9-12-31(28)34)37(44-7-2)23-21-32-29-16-17-30(26-29)33(41(32)43)22-24-38-36-19-15-27(4)42(5)25-11-14-39(40(36)42)45(38)8-3/h1,9-10,12-13,15,18-21,23-24,27-31,33,39H,7-8,11,14,16-17,22,25-26H2,2-5H3/b23-21+,38-24+,44-37+/t27?,28?,29?,30?,31-,33?,39?,42+/m0/s1. The maximum absolute atomic E-state index is 7.45. The van der Waals surface area contributed by atoms with Crippen LogP contribution in [0, 0.1) is 53.3 Å². The minimum absolute atomic E-state index is 0.0860. The molecule has 2 bridgehead atoms. The maximum atomic E-state index is 7.45. The first-order valence-electron chi connectivity index (χ1n) is 17.6. The van der Waals surface area contributed by atoms with Gasteiger partial charge in [-0.2, -0.15) is 0 Å². The summed E-state index contributed by atoms with van der Waals surface area (Å²) >= 11 is 7.45. The Morgan fingerprint density at radius 2 is 2.00 bits per heavy atom. The second-order valence-electron chi connectivity index (χ2n) is 14.5. The average Bonchev–Trinajstić information content (AvgIpc) is 3.62. The number of fused-ring (bicyclic) bond motifs is 3. The Hall–Kier alpha value is -3.02. The zero-order valence-electron chi connectivity index (χ0n) is 27.6. The van der Waals surface area contributed by atoms with E-state index < -0.39 is 0 Å². The molecule has 1 heterocycles. The van der Waals surface area contributed by atoms with E-state index in [9.17, 15) is 0 Å². The lowest BCUT2D eigenvalue weighted by atomic mass is 9.60. The van der Waals surface area contributed by atoms with Gasteiger partial charge in [-0.1, -0.05) is 98.5 Å². The van der Waals surface area contributed by atoms with Crippen LogP contribution in [0.3, 0.4) is 0 Å². The van der Waals surface area contributed by atoms with Gasteiger partial charge in [-0.15, -0.1) is 6.42 Å². The predicted molar refractivity (Wildman–Crippen MR) is 191 cm³/mol. The second kappa shape index (κ2) is 12.3. The quantitative estimate of drug-likeness (QED) is 0.205. The number of likely N-dealkylation sites (N-methyl/N-ethyl adjacent to an activating group) is 1. The van der Waals surface area contributed by atoms with Crippen LogP contribution in [0.15, 0.2) is 110 Å². The van der Waals surface area contributed by atoms with Crippen molar-refractivity contribution in [2.24, 2.45) is 45.9 Å². The van der Waals surface area contributed by atoms with Gasteiger partial charge in [-0.05, 0) is 104 Å². The molecule has 2 nitrogen and oxygen atoms in total. The van der Waals surface area contributed by atoms with Gasteiger partial charge in [0, 0.05) is 47.1 Å². The molecule has 2 fully saturated rings. The number of terminal acetylenes is 1. The maximum Gasteiger partial charge on any atom is 0.0649 e. The summed E-state index contributed by atoms with van der Waals surface area (Å²) in [6, 6.07) is 0.569. The smallest absolute Gasteiger partial charge is 0.0649 e. The molecule has 0 amide bonds. The summed E-state index contributed by atoms with van der Waals surface area (Å²) in [5, 5.41) is 1.09. The van der Waals surface area contributed by atoms with Crippen molar-refractivity contribution in [3.8, 4) is 12.3 Å². The molecule has 0 aromatic heterocycles. The van der Waals surface area contributed by atoms with Crippen molar-refractivity contribution in [3.63, 3.8) is 0 Å². The molecule has 0 aromatic carbocycles. The number of hydrogen-bond donors (Lipinski definition) is 0.